The first kappa shape index (κ1) is 17.1. The molecule has 1 aromatic heterocycles. The number of rotatable bonds is 1. The zero-order valence-electron chi connectivity index (χ0n) is 15.8. The maximum atomic E-state index is 13.6. The monoisotopic (exact) mass is 379 g/mol. The van der Waals surface area contributed by atoms with Gasteiger partial charge in [0.15, 0.2) is 11.5 Å². The summed E-state index contributed by atoms with van der Waals surface area (Å²) in [4.78, 5) is 27.9. The zero-order valence-corrected chi connectivity index (χ0v) is 15.8. The minimum Gasteiger partial charge on any atom is -0.489 e. The Bertz CT molecular complexity index is 995. The van der Waals surface area contributed by atoms with Gasteiger partial charge in [0.05, 0.1) is 18.6 Å². The van der Waals surface area contributed by atoms with E-state index in [2.05, 4.69) is 9.97 Å². The first-order chi connectivity index (χ1) is 13.5. The second-order valence-electron chi connectivity index (χ2n) is 7.75. The van der Waals surface area contributed by atoms with Gasteiger partial charge in [-0.15, -0.1) is 0 Å². The SMILES string of the molecule is CN1C(=O)[C@]2(N=C1N)c1cc(-c3cncnc3)ccc1OC1CCOCC12C. The Morgan fingerprint density at radius 1 is 1.25 bits per heavy atom. The molecule has 28 heavy (non-hydrogen) atoms. The second-order valence-corrected chi connectivity index (χ2v) is 7.75. The van der Waals surface area contributed by atoms with E-state index in [1.54, 1.807) is 19.4 Å². The third-order valence-corrected chi connectivity index (χ3v) is 6.24. The molecular formula is C20H21N5O3. The van der Waals surface area contributed by atoms with Crippen LogP contribution in [-0.4, -0.2) is 53.1 Å². The van der Waals surface area contributed by atoms with Gasteiger partial charge in [0.2, 0.25) is 0 Å². The van der Waals surface area contributed by atoms with E-state index in [9.17, 15) is 4.79 Å². The lowest BCUT2D eigenvalue weighted by molar-refractivity contribution is -0.159. The Morgan fingerprint density at radius 3 is 2.75 bits per heavy atom. The number of aliphatic imine (C=N–C) groups is 1. The Morgan fingerprint density at radius 2 is 2.04 bits per heavy atom. The smallest absolute Gasteiger partial charge is 0.262 e. The summed E-state index contributed by atoms with van der Waals surface area (Å²) in [6, 6.07) is 5.78. The molecule has 0 bridgehead atoms. The number of benzene rings is 1. The normalized spacial score (nSPS) is 31.2. The van der Waals surface area contributed by atoms with E-state index in [0.29, 0.717) is 30.9 Å². The zero-order chi connectivity index (χ0) is 19.5. The molecular weight excluding hydrogens is 358 g/mol. The molecule has 2 unspecified atom stereocenters. The molecule has 2 N–H and O–H groups in total. The highest BCUT2D eigenvalue weighted by atomic mass is 16.5. The van der Waals surface area contributed by atoms with Gasteiger partial charge in [-0.2, -0.15) is 0 Å². The van der Waals surface area contributed by atoms with Gasteiger partial charge < -0.3 is 15.2 Å². The summed E-state index contributed by atoms with van der Waals surface area (Å²) < 4.78 is 12.1. The van der Waals surface area contributed by atoms with Crippen molar-refractivity contribution in [2.45, 2.75) is 25.0 Å². The van der Waals surface area contributed by atoms with Crippen LogP contribution in [0.1, 0.15) is 18.9 Å². The number of ether oxygens (including phenoxy) is 2. The van der Waals surface area contributed by atoms with E-state index in [4.69, 9.17) is 20.2 Å². The highest BCUT2D eigenvalue weighted by molar-refractivity contribution is 6.08. The summed E-state index contributed by atoms with van der Waals surface area (Å²) in [5, 5.41) is 0. The quantitative estimate of drug-likeness (QED) is 0.801. The molecule has 144 valence electrons. The molecule has 0 saturated carbocycles. The minimum absolute atomic E-state index is 0.158. The van der Waals surface area contributed by atoms with Crippen molar-refractivity contribution in [1.29, 1.82) is 0 Å². The van der Waals surface area contributed by atoms with Crippen molar-refractivity contribution in [2.75, 3.05) is 20.3 Å². The van der Waals surface area contributed by atoms with Crippen LogP contribution in [0.15, 0.2) is 41.9 Å². The molecule has 3 aliphatic rings. The Kier molecular flexibility index (Phi) is 3.51. The lowest BCUT2D eigenvalue weighted by Gasteiger charge is -2.53. The van der Waals surface area contributed by atoms with Gasteiger partial charge >= 0.3 is 0 Å². The van der Waals surface area contributed by atoms with Gasteiger partial charge in [-0.3, -0.25) is 9.69 Å². The first-order valence-electron chi connectivity index (χ1n) is 9.25. The van der Waals surface area contributed by atoms with Crippen molar-refractivity contribution in [3.05, 3.63) is 42.5 Å². The van der Waals surface area contributed by atoms with Gasteiger partial charge in [0, 0.05) is 37.0 Å². The lowest BCUT2D eigenvalue weighted by Crippen LogP contribution is -2.63. The average molecular weight is 379 g/mol. The van der Waals surface area contributed by atoms with Gasteiger partial charge in [0.1, 0.15) is 18.2 Å². The van der Waals surface area contributed by atoms with Crippen molar-refractivity contribution in [3.63, 3.8) is 0 Å². The van der Waals surface area contributed by atoms with Crippen molar-refractivity contribution >= 4 is 11.9 Å². The molecule has 1 aromatic carbocycles. The van der Waals surface area contributed by atoms with Crippen molar-refractivity contribution < 1.29 is 14.3 Å². The molecule has 1 fully saturated rings. The van der Waals surface area contributed by atoms with Crippen LogP contribution in [0.3, 0.4) is 0 Å². The molecule has 5 rings (SSSR count). The predicted molar refractivity (Wildman–Crippen MR) is 101 cm³/mol. The summed E-state index contributed by atoms with van der Waals surface area (Å²) in [6.45, 7) is 2.96. The predicted octanol–water partition coefficient (Wildman–Crippen LogP) is 1.31. The fraction of sp³-hybridized carbons (Fsp3) is 0.400. The summed E-state index contributed by atoms with van der Waals surface area (Å²) in [6.07, 6.45) is 5.46. The van der Waals surface area contributed by atoms with Crippen LogP contribution in [0.25, 0.3) is 11.1 Å². The van der Waals surface area contributed by atoms with Gasteiger partial charge in [-0.25, -0.2) is 15.0 Å². The largest absolute Gasteiger partial charge is 0.489 e. The molecule has 1 amide bonds. The van der Waals surface area contributed by atoms with Crippen LogP contribution in [0.2, 0.25) is 0 Å². The van der Waals surface area contributed by atoms with Crippen molar-refractivity contribution in [2.24, 2.45) is 16.1 Å². The number of fused-ring (bicyclic) bond motifs is 4. The highest BCUT2D eigenvalue weighted by Crippen LogP contribution is 2.58. The van der Waals surface area contributed by atoms with Gasteiger partial charge in [0.25, 0.3) is 5.91 Å². The number of likely N-dealkylation sites (N-methyl/N-ethyl adjacent to an activating group) is 1. The Hall–Kier alpha value is -3.00. The highest BCUT2D eigenvalue weighted by Gasteiger charge is 2.67. The van der Waals surface area contributed by atoms with Crippen molar-refractivity contribution in [1.82, 2.24) is 14.9 Å². The van der Waals surface area contributed by atoms with Crippen LogP contribution < -0.4 is 10.5 Å². The maximum absolute atomic E-state index is 13.6. The molecule has 3 atom stereocenters. The third-order valence-electron chi connectivity index (χ3n) is 6.24. The molecule has 0 aliphatic carbocycles. The number of aromatic nitrogens is 2. The molecule has 3 aliphatic heterocycles. The number of nitrogens with zero attached hydrogens (tertiary/aromatic N) is 4. The van der Waals surface area contributed by atoms with Crippen LogP contribution >= 0.6 is 0 Å². The van der Waals surface area contributed by atoms with E-state index < -0.39 is 11.0 Å². The molecule has 8 heteroatoms. The number of hydrogen-bond acceptors (Lipinski definition) is 7. The van der Waals surface area contributed by atoms with Gasteiger partial charge in [-0.05, 0) is 17.7 Å². The number of carbonyl (C=O) groups is 1. The van der Waals surface area contributed by atoms with Crippen LogP contribution in [0.5, 0.6) is 5.75 Å². The van der Waals surface area contributed by atoms with Gasteiger partial charge in [-0.1, -0.05) is 13.0 Å². The van der Waals surface area contributed by atoms with Crippen LogP contribution in [0, 0.1) is 5.41 Å². The first-order valence-corrected chi connectivity index (χ1v) is 9.25. The number of carbonyl (C=O) groups excluding carboxylic acids is 1. The standard InChI is InChI=1S/C20H21N5O3/c1-19-10-27-6-5-16(19)28-15-4-3-12(13-8-22-11-23-9-13)7-14(15)20(19)17(26)25(2)18(21)24-20/h3-4,7-9,11,16H,5-6,10H2,1-2H3,(H2,21,24)/t16?,19?,20-/m1/s1. The lowest BCUT2D eigenvalue weighted by atomic mass is 9.61. The van der Waals surface area contributed by atoms with E-state index in [-0.39, 0.29) is 18.0 Å². The summed E-state index contributed by atoms with van der Waals surface area (Å²) in [7, 11) is 1.65. The fourth-order valence-electron chi connectivity index (χ4n) is 4.61. The topological polar surface area (TPSA) is 103 Å². The average Bonchev–Trinajstić information content (AvgIpc) is 2.95. The van der Waals surface area contributed by atoms with E-state index >= 15 is 0 Å². The molecule has 1 saturated heterocycles. The molecule has 4 heterocycles. The number of nitrogens with two attached hydrogens (primary N) is 1. The molecule has 8 nitrogen and oxygen atoms in total. The van der Waals surface area contributed by atoms with E-state index in [1.165, 1.54) is 11.2 Å². The molecule has 2 aromatic rings. The maximum Gasteiger partial charge on any atom is 0.262 e. The number of guanidine groups is 1. The van der Waals surface area contributed by atoms with E-state index in [1.807, 2.05) is 25.1 Å². The second kappa shape index (κ2) is 5.75. The van der Waals surface area contributed by atoms with Crippen LogP contribution in [0.4, 0.5) is 0 Å². The summed E-state index contributed by atoms with van der Waals surface area (Å²) in [5.74, 6) is 0.705. The van der Waals surface area contributed by atoms with Crippen molar-refractivity contribution in [3.8, 4) is 16.9 Å². The molecule has 0 radical (unpaired) electrons. The summed E-state index contributed by atoms with van der Waals surface area (Å²) in [5.41, 5.74) is 6.70. The fourth-order valence-corrected chi connectivity index (χ4v) is 4.61. The number of hydrogen-bond donors (Lipinski definition) is 1. The third kappa shape index (κ3) is 2.03. The molecule has 1 spiro atoms. The Labute approximate surface area is 162 Å². The Balaban J connectivity index is 1.78. The minimum atomic E-state index is -1.18. The number of amides is 1. The summed E-state index contributed by atoms with van der Waals surface area (Å²) >= 11 is 0. The van der Waals surface area contributed by atoms with Crippen LogP contribution in [-0.2, 0) is 15.1 Å². The van der Waals surface area contributed by atoms with E-state index in [0.717, 1.165) is 11.1 Å².